The van der Waals surface area contributed by atoms with Gasteiger partial charge in [0.2, 0.25) is 5.95 Å². The smallest absolute Gasteiger partial charge is 0.255 e. The lowest BCUT2D eigenvalue weighted by atomic mass is 9.91. The number of pyridine rings is 1. The van der Waals surface area contributed by atoms with Crippen molar-refractivity contribution in [2.24, 2.45) is 4.99 Å². The van der Waals surface area contributed by atoms with Gasteiger partial charge in [0.05, 0.1) is 0 Å². The average Bonchev–Trinajstić information content (AvgIpc) is 3.59. The Hall–Kier alpha value is -4.27. The molecule has 212 valence electrons. The van der Waals surface area contributed by atoms with E-state index in [-0.39, 0.29) is 11.3 Å². The minimum absolute atomic E-state index is 0.118. The van der Waals surface area contributed by atoms with Crippen molar-refractivity contribution in [1.29, 1.82) is 0 Å². The molecule has 0 unspecified atom stereocenters. The van der Waals surface area contributed by atoms with Crippen LogP contribution in [0.4, 0.5) is 17.3 Å². The summed E-state index contributed by atoms with van der Waals surface area (Å²) in [7, 11) is 0. The molecule has 0 atom stereocenters. The maximum atomic E-state index is 13.1. The molecule has 2 heterocycles. The third-order valence-corrected chi connectivity index (χ3v) is 5.83. The summed E-state index contributed by atoms with van der Waals surface area (Å²) in [5, 5.41) is 14.0. The van der Waals surface area contributed by atoms with E-state index in [0.29, 0.717) is 29.1 Å². The number of anilines is 3. The molecular weight excluding hydrogens is 500 g/mol. The molecule has 0 radical (unpaired) electrons. The first-order valence-corrected chi connectivity index (χ1v) is 13.8. The molecule has 0 spiro atoms. The van der Waals surface area contributed by atoms with Gasteiger partial charge in [-0.2, -0.15) is 14.8 Å². The molecule has 9 heteroatoms. The molecule has 1 saturated carbocycles. The minimum Gasteiger partial charge on any atom is -0.383 e. The molecule has 0 aliphatic heterocycles. The molecule has 0 bridgehead atoms. The van der Waals surface area contributed by atoms with Gasteiger partial charge in [-0.3, -0.25) is 9.78 Å². The molecule has 9 nitrogen and oxygen atoms in total. The molecule has 2 aromatic heterocycles. The van der Waals surface area contributed by atoms with Gasteiger partial charge < -0.3 is 16.0 Å². The van der Waals surface area contributed by atoms with Crippen molar-refractivity contribution in [3.8, 4) is 0 Å². The second-order valence-electron chi connectivity index (χ2n) is 10.8. The highest BCUT2D eigenvalue weighted by Gasteiger charge is 2.21. The van der Waals surface area contributed by atoms with Crippen molar-refractivity contribution < 1.29 is 4.79 Å². The molecule has 1 aliphatic carbocycles. The zero-order valence-corrected chi connectivity index (χ0v) is 24.7. The highest BCUT2D eigenvalue weighted by atomic mass is 16.1. The van der Waals surface area contributed by atoms with E-state index in [4.69, 9.17) is 0 Å². The van der Waals surface area contributed by atoms with Gasteiger partial charge in [0.1, 0.15) is 6.33 Å². The zero-order valence-electron chi connectivity index (χ0n) is 24.7. The molecule has 40 heavy (non-hydrogen) atoms. The number of allylic oxidation sites excluding steroid dienone is 1. The molecule has 4 rings (SSSR count). The van der Waals surface area contributed by atoms with Crippen molar-refractivity contribution in [2.75, 3.05) is 10.6 Å². The Labute approximate surface area is 237 Å². The SMILES string of the molecule is C=C(/C=C(\N=C/C)n1ncnc1Nc1cc(C(=O)Nc2ccnc(C(C)(C)C)c2)ccc1C)NC1CC1.CCC. The van der Waals surface area contributed by atoms with E-state index >= 15 is 0 Å². The Morgan fingerprint density at radius 1 is 1.18 bits per heavy atom. The van der Waals surface area contributed by atoms with Crippen molar-refractivity contribution in [3.05, 3.63) is 78.0 Å². The van der Waals surface area contributed by atoms with Crippen molar-refractivity contribution in [1.82, 2.24) is 25.1 Å². The number of hydrogen-bond donors (Lipinski definition) is 3. The molecule has 1 amide bonds. The van der Waals surface area contributed by atoms with Crippen LogP contribution < -0.4 is 16.0 Å². The summed E-state index contributed by atoms with van der Waals surface area (Å²) >= 11 is 0. The van der Waals surface area contributed by atoms with Crippen LogP contribution in [0.2, 0.25) is 0 Å². The summed E-state index contributed by atoms with van der Waals surface area (Å²) in [4.78, 5) is 26.3. The van der Waals surface area contributed by atoms with Crippen LogP contribution in [0.3, 0.4) is 0 Å². The second kappa shape index (κ2) is 13.7. The molecule has 1 fully saturated rings. The molecular formula is C31H42N8O. The number of hydrogen-bond acceptors (Lipinski definition) is 7. The number of rotatable bonds is 9. The van der Waals surface area contributed by atoms with E-state index in [9.17, 15) is 4.79 Å². The predicted octanol–water partition coefficient (Wildman–Crippen LogP) is 6.85. The van der Waals surface area contributed by atoms with Crippen molar-refractivity contribution in [2.45, 2.75) is 79.2 Å². The van der Waals surface area contributed by atoms with Crippen LogP contribution in [0.1, 0.15) is 82.4 Å². The van der Waals surface area contributed by atoms with E-state index in [2.05, 4.69) is 77.2 Å². The fraction of sp³-hybridized carbons (Fsp3) is 0.387. The van der Waals surface area contributed by atoms with Gasteiger partial charge in [0.25, 0.3) is 5.91 Å². The van der Waals surface area contributed by atoms with Gasteiger partial charge in [-0.15, -0.1) is 0 Å². The van der Waals surface area contributed by atoms with E-state index in [1.807, 2.05) is 32.1 Å². The normalized spacial score (nSPS) is 13.4. The van der Waals surface area contributed by atoms with E-state index in [1.54, 1.807) is 35.3 Å². The number of aryl methyl sites for hydroxylation is 1. The van der Waals surface area contributed by atoms with Crippen LogP contribution in [0.25, 0.3) is 5.82 Å². The number of carbonyl (C=O) groups is 1. The topological polar surface area (TPSA) is 109 Å². The van der Waals surface area contributed by atoms with E-state index < -0.39 is 0 Å². The molecule has 1 aromatic carbocycles. The van der Waals surface area contributed by atoms with Gasteiger partial charge in [0.15, 0.2) is 5.82 Å². The fourth-order valence-corrected chi connectivity index (χ4v) is 3.61. The standard InChI is InChI=1S/C28H34N8O.C3H8/c1-7-29-25(14-19(3)33-21-10-11-21)36-27(31-17-32-36)35-23-15-20(9-8-18(23)2)26(37)34-22-12-13-30-24(16-22)28(4,5)6;1-3-2/h7-9,12-17,21,33H,3,10-11H2,1-2,4-6H3,(H,30,34,37)(H,31,32,35);3H2,1-2H3/b25-14+,29-7-;. The Morgan fingerprint density at radius 3 is 2.55 bits per heavy atom. The summed E-state index contributed by atoms with van der Waals surface area (Å²) in [6.45, 7) is 18.4. The lowest BCUT2D eigenvalue weighted by Gasteiger charge is -2.18. The summed E-state index contributed by atoms with van der Waals surface area (Å²) in [5.74, 6) is 0.828. The Bertz CT molecular complexity index is 1380. The number of benzene rings is 1. The quantitative estimate of drug-likeness (QED) is 0.202. The molecule has 3 aromatic rings. The van der Waals surface area contributed by atoms with Crippen molar-refractivity contribution >= 4 is 35.3 Å². The third-order valence-electron chi connectivity index (χ3n) is 5.83. The maximum Gasteiger partial charge on any atom is 0.255 e. The Morgan fingerprint density at radius 2 is 1.90 bits per heavy atom. The Kier molecular flexibility index (Phi) is 10.4. The first kappa shape index (κ1) is 30.3. The first-order chi connectivity index (χ1) is 19.0. The number of nitrogens with one attached hydrogen (secondary N) is 3. The van der Waals surface area contributed by atoms with Crippen LogP contribution in [-0.2, 0) is 5.41 Å². The average molecular weight is 543 g/mol. The lowest BCUT2D eigenvalue weighted by molar-refractivity contribution is 0.102. The first-order valence-electron chi connectivity index (χ1n) is 13.8. The number of carbonyl (C=O) groups excluding carboxylic acids is 1. The van der Waals surface area contributed by atoms with Crippen LogP contribution in [0.5, 0.6) is 0 Å². The largest absolute Gasteiger partial charge is 0.383 e. The summed E-state index contributed by atoms with van der Waals surface area (Å²) in [6.07, 6.45) is 10.3. The number of aromatic nitrogens is 4. The van der Waals surface area contributed by atoms with Crippen LogP contribution in [0, 0.1) is 6.92 Å². The second-order valence-corrected chi connectivity index (χ2v) is 10.8. The van der Waals surface area contributed by atoms with Crippen LogP contribution >= 0.6 is 0 Å². The number of amides is 1. The number of nitrogens with zero attached hydrogens (tertiary/aromatic N) is 5. The summed E-state index contributed by atoms with van der Waals surface area (Å²) in [5.41, 5.74) is 4.46. The highest BCUT2D eigenvalue weighted by molar-refractivity contribution is 6.05. The molecule has 1 aliphatic rings. The van der Waals surface area contributed by atoms with Gasteiger partial charge in [0, 0.05) is 58.3 Å². The van der Waals surface area contributed by atoms with Crippen LogP contribution in [-0.4, -0.2) is 37.9 Å². The predicted molar refractivity (Wildman–Crippen MR) is 165 cm³/mol. The van der Waals surface area contributed by atoms with Crippen LogP contribution in [0.15, 0.2) is 66.2 Å². The Balaban J connectivity index is 0.00000141. The molecule has 0 saturated heterocycles. The number of aliphatic imine (C=N–C) groups is 1. The van der Waals surface area contributed by atoms with Gasteiger partial charge in [-0.1, -0.05) is 53.7 Å². The zero-order chi connectivity index (χ0) is 29.3. The van der Waals surface area contributed by atoms with Gasteiger partial charge in [-0.25, -0.2) is 4.99 Å². The minimum atomic E-state index is -0.214. The summed E-state index contributed by atoms with van der Waals surface area (Å²) < 4.78 is 1.61. The van der Waals surface area contributed by atoms with Gasteiger partial charge >= 0.3 is 0 Å². The monoisotopic (exact) mass is 542 g/mol. The van der Waals surface area contributed by atoms with Crippen molar-refractivity contribution in [3.63, 3.8) is 0 Å². The fourth-order valence-electron chi connectivity index (χ4n) is 3.61. The van der Waals surface area contributed by atoms with E-state index in [0.717, 1.165) is 35.5 Å². The summed E-state index contributed by atoms with van der Waals surface area (Å²) in [6, 6.07) is 9.67. The van der Waals surface area contributed by atoms with Gasteiger partial charge in [-0.05, 0) is 56.5 Å². The highest BCUT2D eigenvalue weighted by Crippen LogP contribution is 2.26. The third kappa shape index (κ3) is 8.62. The van der Waals surface area contributed by atoms with E-state index in [1.165, 1.54) is 12.7 Å². The molecule has 3 N–H and O–H groups in total. The maximum absolute atomic E-state index is 13.1. The lowest BCUT2D eigenvalue weighted by Crippen LogP contribution is -2.16.